The Labute approximate surface area is 139 Å². The first-order chi connectivity index (χ1) is 11.2. The summed E-state index contributed by atoms with van der Waals surface area (Å²) in [5.74, 6) is -0.0141. The van der Waals surface area contributed by atoms with Crippen LogP contribution in [0.1, 0.15) is 23.0 Å². The van der Waals surface area contributed by atoms with Gasteiger partial charge in [0.2, 0.25) is 5.91 Å². The smallest absolute Gasteiger partial charge is 0.224 e. The van der Waals surface area contributed by atoms with E-state index in [1.165, 1.54) is 11.3 Å². The lowest BCUT2D eigenvalue weighted by Gasteiger charge is -2.10. The van der Waals surface area contributed by atoms with Crippen LogP contribution in [0.5, 0.6) is 0 Å². The monoisotopic (exact) mass is 325 g/mol. The first-order valence-corrected chi connectivity index (χ1v) is 8.57. The number of hydrogen-bond donors (Lipinski definition) is 2. The minimum Gasteiger partial charge on any atom is -0.388 e. The maximum Gasteiger partial charge on any atom is 0.224 e. The Morgan fingerprint density at radius 1 is 1.09 bits per heavy atom. The molecule has 2 N–H and O–H groups in total. The molecule has 1 amide bonds. The molecule has 0 spiro atoms. The molecule has 1 aromatic heterocycles. The molecule has 4 heteroatoms. The highest BCUT2D eigenvalue weighted by atomic mass is 32.1. The maximum atomic E-state index is 12.1. The van der Waals surface area contributed by atoms with E-state index in [2.05, 4.69) is 5.32 Å². The molecule has 0 saturated carbocycles. The van der Waals surface area contributed by atoms with Crippen molar-refractivity contribution in [3.8, 4) is 0 Å². The summed E-state index contributed by atoms with van der Waals surface area (Å²) in [6.45, 7) is 0.475. The van der Waals surface area contributed by atoms with Gasteiger partial charge in [0, 0.05) is 11.4 Å². The molecule has 23 heavy (non-hydrogen) atoms. The molecule has 0 saturated heterocycles. The molecular weight excluding hydrogens is 306 g/mol. The predicted octanol–water partition coefficient (Wildman–Crippen LogP) is 3.68. The van der Waals surface area contributed by atoms with E-state index < -0.39 is 6.10 Å². The van der Waals surface area contributed by atoms with Crippen molar-refractivity contribution < 1.29 is 9.90 Å². The van der Waals surface area contributed by atoms with Crippen molar-refractivity contribution in [2.24, 2.45) is 0 Å². The standard InChI is InChI=1S/C19H19NO2S/c21-17(18-9-4-12-23-18)10-11-20-19(22)13-15-7-3-6-14-5-1-2-8-16(14)15/h1-9,12,17,21H,10-11,13H2,(H,20,22). The predicted molar refractivity (Wildman–Crippen MR) is 94.6 cm³/mol. The van der Waals surface area contributed by atoms with Crippen molar-refractivity contribution >= 4 is 28.0 Å². The number of aliphatic hydroxyl groups is 1. The molecular formula is C19H19NO2S. The minimum absolute atomic E-state index is 0.0141. The third-order valence-corrected chi connectivity index (χ3v) is 4.82. The highest BCUT2D eigenvalue weighted by Crippen LogP contribution is 2.21. The Morgan fingerprint density at radius 3 is 2.74 bits per heavy atom. The van der Waals surface area contributed by atoms with Gasteiger partial charge < -0.3 is 10.4 Å². The summed E-state index contributed by atoms with van der Waals surface area (Å²) in [5.41, 5.74) is 1.03. The lowest BCUT2D eigenvalue weighted by atomic mass is 10.0. The van der Waals surface area contributed by atoms with Gasteiger partial charge in [-0.1, -0.05) is 48.5 Å². The van der Waals surface area contributed by atoms with Crippen LogP contribution in [0, 0.1) is 0 Å². The number of hydrogen-bond acceptors (Lipinski definition) is 3. The van der Waals surface area contributed by atoms with Gasteiger partial charge in [0.25, 0.3) is 0 Å². The highest BCUT2D eigenvalue weighted by Gasteiger charge is 2.10. The van der Waals surface area contributed by atoms with E-state index >= 15 is 0 Å². The van der Waals surface area contributed by atoms with Crippen LogP contribution >= 0.6 is 11.3 Å². The highest BCUT2D eigenvalue weighted by molar-refractivity contribution is 7.10. The fraction of sp³-hybridized carbons (Fsp3) is 0.211. The van der Waals surface area contributed by atoms with Gasteiger partial charge in [-0.05, 0) is 34.2 Å². The topological polar surface area (TPSA) is 49.3 Å². The van der Waals surface area contributed by atoms with Gasteiger partial charge in [0.05, 0.1) is 12.5 Å². The van der Waals surface area contributed by atoms with Crippen molar-refractivity contribution in [3.63, 3.8) is 0 Å². The molecule has 1 heterocycles. The minimum atomic E-state index is -0.507. The Kier molecular flexibility index (Phi) is 5.05. The SMILES string of the molecule is O=C(Cc1cccc2ccccc12)NCCC(O)c1cccs1. The van der Waals surface area contributed by atoms with E-state index in [9.17, 15) is 9.90 Å². The molecule has 1 atom stereocenters. The number of rotatable bonds is 6. The third-order valence-electron chi connectivity index (χ3n) is 3.84. The number of nitrogens with one attached hydrogen (secondary N) is 1. The molecule has 1 unspecified atom stereocenters. The van der Waals surface area contributed by atoms with E-state index in [-0.39, 0.29) is 5.91 Å². The largest absolute Gasteiger partial charge is 0.388 e. The molecule has 0 fully saturated rings. The van der Waals surface area contributed by atoms with Crippen LogP contribution in [0.3, 0.4) is 0 Å². The van der Waals surface area contributed by atoms with E-state index in [1.807, 2.05) is 60.0 Å². The molecule has 0 radical (unpaired) electrons. The number of carbonyl (C=O) groups excluding carboxylic acids is 1. The zero-order valence-corrected chi connectivity index (χ0v) is 13.6. The van der Waals surface area contributed by atoms with Gasteiger partial charge in [-0.25, -0.2) is 0 Å². The normalized spacial score (nSPS) is 12.2. The van der Waals surface area contributed by atoms with Crippen molar-refractivity contribution in [2.75, 3.05) is 6.54 Å². The van der Waals surface area contributed by atoms with E-state index in [0.717, 1.165) is 21.2 Å². The summed E-state index contributed by atoms with van der Waals surface area (Å²) >= 11 is 1.53. The number of amides is 1. The number of fused-ring (bicyclic) bond motifs is 1. The van der Waals surface area contributed by atoms with Crippen LogP contribution in [0.4, 0.5) is 0 Å². The first-order valence-electron chi connectivity index (χ1n) is 7.69. The quantitative estimate of drug-likeness (QED) is 0.726. The molecule has 118 valence electrons. The Balaban J connectivity index is 1.55. The first kappa shape index (κ1) is 15.7. The van der Waals surface area contributed by atoms with Crippen molar-refractivity contribution in [1.29, 1.82) is 0 Å². The average Bonchev–Trinajstić information content (AvgIpc) is 3.10. The third kappa shape index (κ3) is 3.97. The van der Waals surface area contributed by atoms with Gasteiger partial charge in [-0.3, -0.25) is 4.79 Å². The van der Waals surface area contributed by atoms with Crippen LogP contribution in [-0.4, -0.2) is 17.6 Å². The van der Waals surface area contributed by atoms with Crippen molar-refractivity contribution in [1.82, 2.24) is 5.32 Å². The second-order valence-electron chi connectivity index (χ2n) is 5.48. The fourth-order valence-corrected chi connectivity index (χ4v) is 3.40. The van der Waals surface area contributed by atoms with Crippen LogP contribution in [0.25, 0.3) is 10.8 Å². The van der Waals surface area contributed by atoms with Crippen molar-refractivity contribution in [2.45, 2.75) is 18.9 Å². The lowest BCUT2D eigenvalue weighted by Crippen LogP contribution is -2.27. The van der Waals surface area contributed by atoms with E-state index in [0.29, 0.717) is 19.4 Å². The van der Waals surface area contributed by atoms with Crippen LogP contribution in [-0.2, 0) is 11.2 Å². The lowest BCUT2D eigenvalue weighted by molar-refractivity contribution is -0.120. The summed E-state index contributed by atoms with van der Waals surface area (Å²) in [6, 6.07) is 17.9. The fourth-order valence-electron chi connectivity index (χ4n) is 2.65. The van der Waals surface area contributed by atoms with Crippen LogP contribution in [0.15, 0.2) is 60.0 Å². The van der Waals surface area contributed by atoms with Gasteiger partial charge >= 0.3 is 0 Å². The van der Waals surface area contributed by atoms with Gasteiger partial charge in [-0.15, -0.1) is 11.3 Å². The summed E-state index contributed by atoms with van der Waals surface area (Å²) in [5, 5.41) is 17.1. The van der Waals surface area contributed by atoms with Crippen molar-refractivity contribution in [3.05, 3.63) is 70.4 Å². The molecule has 0 aliphatic carbocycles. The second kappa shape index (κ2) is 7.40. The van der Waals surface area contributed by atoms with Gasteiger partial charge in [-0.2, -0.15) is 0 Å². The zero-order valence-electron chi connectivity index (χ0n) is 12.7. The van der Waals surface area contributed by atoms with Gasteiger partial charge in [0.15, 0.2) is 0 Å². The Morgan fingerprint density at radius 2 is 1.91 bits per heavy atom. The van der Waals surface area contributed by atoms with Crippen LogP contribution < -0.4 is 5.32 Å². The second-order valence-corrected chi connectivity index (χ2v) is 6.46. The molecule has 3 rings (SSSR count). The van der Waals surface area contributed by atoms with E-state index in [4.69, 9.17) is 0 Å². The average molecular weight is 325 g/mol. The number of benzene rings is 2. The molecule has 0 aliphatic heterocycles. The Hall–Kier alpha value is -2.17. The molecule has 0 bridgehead atoms. The number of thiophene rings is 1. The molecule has 2 aromatic carbocycles. The zero-order chi connectivity index (χ0) is 16.1. The van der Waals surface area contributed by atoms with Crippen LogP contribution in [0.2, 0.25) is 0 Å². The summed E-state index contributed by atoms with van der Waals surface area (Å²) < 4.78 is 0. The molecule has 0 aliphatic rings. The molecule has 3 aromatic rings. The summed E-state index contributed by atoms with van der Waals surface area (Å²) in [6.07, 6.45) is 0.381. The summed E-state index contributed by atoms with van der Waals surface area (Å²) in [4.78, 5) is 13.1. The van der Waals surface area contributed by atoms with Gasteiger partial charge in [0.1, 0.15) is 0 Å². The number of aliphatic hydroxyl groups excluding tert-OH is 1. The maximum absolute atomic E-state index is 12.1. The number of carbonyl (C=O) groups is 1. The molecule has 3 nitrogen and oxygen atoms in total. The Bertz CT molecular complexity index is 778. The summed E-state index contributed by atoms with van der Waals surface area (Å²) in [7, 11) is 0. The van der Waals surface area contributed by atoms with E-state index in [1.54, 1.807) is 0 Å².